The van der Waals surface area contributed by atoms with Crippen LogP contribution in [0.1, 0.15) is 337 Å². The first kappa shape index (κ1) is 109. The molecule has 0 atom stereocenters. The van der Waals surface area contributed by atoms with Gasteiger partial charge in [-0.05, 0) is 198 Å². The lowest BCUT2D eigenvalue weighted by Crippen LogP contribution is -2.12. The van der Waals surface area contributed by atoms with Gasteiger partial charge in [0.05, 0.1) is 13.1 Å². The van der Waals surface area contributed by atoms with Crippen LogP contribution in [-0.4, -0.2) is 0 Å². The van der Waals surface area contributed by atoms with Crippen LogP contribution in [0.3, 0.4) is 0 Å². The first-order chi connectivity index (χ1) is 46.8. The summed E-state index contributed by atoms with van der Waals surface area (Å²) >= 11 is 0. The molecule has 7 aromatic rings. The van der Waals surface area contributed by atoms with Crippen molar-refractivity contribution < 1.29 is 17.6 Å². The van der Waals surface area contributed by atoms with E-state index in [1.165, 1.54) is 63.6 Å². The lowest BCUT2D eigenvalue weighted by Gasteiger charge is -2.21. The SMILES string of the molecule is CC.CC.CC.CC.CC.CC.CC.Cc1c(F)cc(C(C)(C)C)cc1F.Cc1cc(C(C)(C)C)cc(F)c1C.Cc1ccc(C(C)(C)C)cc1.Cc1ccc(C(C)(C)C)cc1C.Cc1ccc(C(C)(C)C)cc1F.[C-]#[N+]c1cc(C(C)(C)C)cc(C)c1C.[C-]#[N+]c1cc(C(C)(C)C)ccc1C. The van der Waals surface area contributed by atoms with E-state index in [9.17, 15) is 17.6 Å². The minimum Gasteiger partial charge on any atom is -0.238 e. The van der Waals surface area contributed by atoms with Crippen LogP contribution in [0.5, 0.6) is 0 Å². The third-order valence-corrected chi connectivity index (χ3v) is 15.8. The summed E-state index contributed by atoms with van der Waals surface area (Å²) in [5.74, 6) is -1.14. The molecule has 7 aromatic carbocycles. The molecule has 0 spiro atoms. The van der Waals surface area contributed by atoms with Crippen molar-refractivity contribution in [1.29, 1.82) is 0 Å². The number of halogens is 4. The normalized spacial score (nSPS) is 10.4. The maximum atomic E-state index is 13.4. The lowest BCUT2D eigenvalue weighted by molar-refractivity contribution is 0.536. The average molecular weight is 1410 g/mol. The van der Waals surface area contributed by atoms with Crippen LogP contribution in [0, 0.1) is 106 Å². The second-order valence-electron chi connectivity index (χ2n) is 31.0. The van der Waals surface area contributed by atoms with Crippen molar-refractivity contribution in [3.63, 3.8) is 0 Å². The standard InChI is InChI=1S/C13H17N.C12H17F.C12H15N.C12H18.C11H14F2.C11H15F.C11H16.7C2H6/c1-9-7-11(13(3,4)5)8-12(14-6)10(9)2;1-8-6-10(12(3,4)5)7-11(13)9(8)2;1-9-6-7-10(12(2,3)4)8-11(9)13-5;1-9-6-7-11(8-10(9)2)12(3,4)5;1-7-9(12)5-8(6-10(7)13)11(2,3)4;1-8-5-6-9(7-10(8)12)11(2,3)4;1-9-5-7-10(8-6-9)11(2,3)4;7*1-2/h7-8H,1-5H3;6-7H,1-5H3;6-8H,1-4H3;6-8H,1-5H3;5-6H,1-4H3;5-7H,1-4H3;5-8H,1-4H3;7*1-2H3. The van der Waals surface area contributed by atoms with Crippen LogP contribution >= 0.6 is 0 Å². The Hall–Kier alpha value is -6.76. The summed E-state index contributed by atoms with van der Waals surface area (Å²) in [6.45, 7) is 106. The van der Waals surface area contributed by atoms with Gasteiger partial charge in [-0.2, -0.15) is 0 Å². The van der Waals surface area contributed by atoms with Crippen LogP contribution in [0.25, 0.3) is 9.69 Å². The topological polar surface area (TPSA) is 8.72 Å². The molecule has 0 aliphatic carbocycles. The van der Waals surface area contributed by atoms with Crippen molar-refractivity contribution in [3.05, 3.63) is 256 Å². The van der Waals surface area contributed by atoms with Crippen LogP contribution < -0.4 is 0 Å². The van der Waals surface area contributed by atoms with Crippen LogP contribution in [0.2, 0.25) is 0 Å². The minimum absolute atomic E-state index is 0.0271. The second kappa shape index (κ2) is 52.2. The first-order valence-corrected chi connectivity index (χ1v) is 37.9. The molecule has 0 radical (unpaired) electrons. The van der Waals surface area contributed by atoms with Crippen molar-refractivity contribution >= 4 is 11.4 Å². The van der Waals surface area contributed by atoms with E-state index in [1.807, 2.05) is 176 Å². The fourth-order valence-electron chi connectivity index (χ4n) is 8.23. The Morgan fingerprint density at radius 1 is 0.216 bits per heavy atom. The molecular weight excluding hydrogens is 1260 g/mol. The van der Waals surface area contributed by atoms with Gasteiger partial charge in [0.15, 0.2) is 11.4 Å². The van der Waals surface area contributed by atoms with Crippen molar-refractivity contribution in [2.45, 2.75) is 349 Å². The molecule has 0 aliphatic rings. The zero-order valence-corrected chi connectivity index (χ0v) is 74.4. The van der Waals surface area contributed by atoms with Gasteiger partial charge >= 0.3 is 0 Å². The van der Waals surface area contributed by atoms with Crippen LogP contribution in [-0.2, 0) is 37.9 Å². The maximum absolute atomic E-state index is 13.4. The summed E-state index contributed by atoms with van der Waals surface area (Å²) in [5, 5.41) is 0. The Labute approximate surface area is 630 Å². The molecule has 0 fully saturated rings. The molecule has 0 unspecified atom stereocenters. The van der Waals surface area contributed by atoms with E-state index in [2.05, 4.69) is 223 Å². The summed E-state index contributed by atoms with van der Waals surface area (Å²) in [7, 11) is 0. The smallest absolute Gasteiger partial charge is 0.190 e. The Morgan fingerprint density at radius 3 is 0.755 bits per heavy atom. The van der Waals surface area contributed by atoms with Crippen molar-refractivity contribution in [1.82, 2.24) is 0 Å². The summed E-state index contributed by atoms with van der Waals surface area (Å²) in [6, 6.07) is 37.7. The molecule has 7 rings (SSSR count). The molecule has 0 aliphatic heterocycles. The molecule has 2 nitrogen and oxygen atoms in total. The number of rotatable bonds is 0. The van der Waals surface area contributed by atoms with E-state index in [1.54, 1.807) is 19.1 Å². The largest absolute Gasteiger partial charge is 0.238 e. The minimum atomic E-state index is -0.468. The fraction of sp³-hybridized carbons (Fsp3) is 0.542. The molecular formula is C96H154F4N2. The highest BCUT2D eigenvalue weighted by molar-refractivity contribution is 5.58. The predicted octanol–water partition coefficient (Wildman–Crippen LogP) is 32.8. The third-order valence-electron chi connectivity index (χ3n) is 15.8. The molecule has 0 N–H and O–H groups in total. The van der Waals surface area contributed by atoms with Crippen LogP contribution in [0.4, 0.5) is 28.9 Å². The van der Waals surface area contributed by atoms with Crippen molar-refractivity contribution in [2.75, 3.05) is 0 Å². The number of hydrogen-bond acceptors (Lipinski definition) is 0. The summed E-state index contributed by atoms with van der Waals surface area (Å²) in [5.41, 5.74) is 20.4. The van der Waals surface area contributed by atoms with Gasteiger partial charge in [-0.15, -0.1) is 0 Å². The molecule has 6 heteroatoms. The Morgan fingerprint density at radius 2 is 0.451 bits per heavy atom. The average Bonchev–Trinajstić information content (AvgIpc) is 0.649. The first-order valence-electron chi connectivity index (χ1n) is 37.9. The lowest BCUT2D eigenvalue weighted by atomic mass is 9.85. The highest BCUT2D eigenvalue weighted by atomic mass is 19.1. The summed E-state index contributed by atoms with van der Waals surface area (Å²) in [4.78, 5) is 7.05. The van der Waals surface area contributed by atoms with Gasteiger partial charge in [-0.3, -0.25) is 0 Å². The van der Waals surface area contributed by atoms with Gasteiger partial charge in [0.25, 0.3) is 0 Å². The number of nitrogens with zero attached hydrogens (tertiary/aromatic N) is 2. The van der Waals surface area contributed by atoms with E-state index in [-0.39, 0.29) is 55.1 Å². The molecule has 0 amide bonds. The molecule has 0 saturated carbocycles. The fourth-order valence-corrected chi connectivity index (χ4v) is 8.23. The Kier molecular flexibility index (Phi) is 55.6. The van der Waals surface area contributed by atoms with Gasteiger partial charge in [-0.25, -0.2) is 27.3 Å². The molecule has 0 saturated heterocycles. The van der Waals surface area contributed by atoms with Gasteiger partial charge in [0.2, 0.25) is 0 Å². The molecule has 576 valence electrons. The van der Waals surface area contributed by atoms with Crippen molar-refractivity contribution in [3.8, 4) is 0 Å². The molecule has 102 heavy (non-hydrogen) atoms. The predicted molar refractivity (Wildman–Crippen MR) is 455 cm³/mol. The van der Waals surface area contributed by atoms with E-state index in [0.717, 1.165) is 44.8 Å². The summed E-state index contributed by atoms with van der Waals surface area (Å²) < 4.78 is 52.7. The van der Waals surface area contributed by atoms with Crippen LogP contribution in [0.15, 0.2) is 115 Å². The second-order valence-corrected chi connectivity index (χ2v) is 31.0. The number of aryl methyl sites for hydroxylation is 7. The quantitative estimate of drug-likeness (QED) is 0.106. The molecule has 0 heterocycles. The summed E-state index contributed by atoms with van der Waals surface area (Å²) in [6.07, 6.45) is 0. The van der Waals surface area contributed by atoms with Gasteiger partial charge < -0.3 is 0 Å². The van der Waals surface area contributed by atoms with Crippen molar-refractivity contribution in [2.24, 2.45) is 0 Å². The molecule has 0 aromatic heterocycles. The number of benzene rings is 7. The van der Waals surface area contributed by atoms with E-state index >= 15 is 0 Å². The Balaban J connectivity index is -0.000000200. The molecule has 0 bridgehead atoms. The van der Waals surface area contributed by atoms with E-state index in [4.69, 9.17) is 13.1 Å². The van der Waals surface area contributed by atoms with Gasteiger partial charge in [-0.1, -0.05) is 356 Å². The zero-order chi connectivity index (χ0) is 82.6. The van der Waals surface area contributed by atoms with Gasteiger partial charge in [0.1, 0.15) is 23.3 Å². The maximum Gasteiger partial charge on any atom is 0.190 e. The number of hydrogen-bond donors (Lipinski definition) is 0. The monoisotopic (exact) mass is 1410 g/mol. The Bertz CT molecular complexity index is 3300. The highest BCUT2D eigenvalue weighted by Gasteiger charge is 2.21. The third kappa shape index (κ3) is 42.7. The van der Waals surface area contributed by atoms with E-state index in [0.29, 0.717) is 11.1 Å². The highest BCUT2D eigenvalue weighted by Crippen LogP contribution is 2.33. The zero-order valence-electron chi connectivity index (χ0n) is 74.4. The van der Waals surface area contributed by atoms with Gasteiger partial charge in [0, 0.05) is 5.56 Å². The van der Waals surface area contributed by atoms with E-state index < -0.39 is 11.6 Å².